The minimum absolute atomic E-state index is 0.0818. The second kappa shape index (κ2) is 6.98. The molecule has 0 spiro atoms. The molecule has 20 heavy (non-hydrogen) atoms. The molecule has 1 atom stereocenters. The quantitative estimate of drug-likeness (QED) is 0.852. The van der Waals surface area contributed by atoms with Gasteiger partial charge in [0.2, 0.25) is 0 Å². The fourth-order valence-corrected chi connectivity index (χ4v) is 2.77. The lowest BCUT2D eigenvalue weighted by atomic mass is 10.1. The fraction of sp³-hybridized carbons (Fsp3) is 0.250. The van der Waals surface area contributed by atoms with E-state index in [2.05, 4.69) is 12.2 Å². The minimum Gasteiger partial charge on any atom is -0.497 e. The van der Waals surface area contributed by atoms with Gasteiger partial charge in [0.05, 0.1) is 7.11 Å². The molecule has 0 aliphatic rings. The molecular weight excluding hydrogens is 293 g/mol. The van der Waals surface area contributed by atoms with Crippen LogP contribution in [0.15, 0.2) is 42.5 Å². The van der Waals surface area contributed by atoms with Crippen LogP contribution in [-0.2, 0) is 6.54 Å². The SMILES string of the molecule is COc1ccc(CNC(C)c2c(Cl)cccc2Cl)cc1. The average molecular weight is 310 g/mol. The van der Waals surface area contributed by atoms with Crippen molar-refractivity contribution in [1.29, 1.82) is 0 Å². The van der Waals surface area contributed by atoms with E-state index in [1.165, 1.54) is 5.56 Å². The highest BCUT2D eigenvalue weighted by Crippen LogP contribution is 2.30. The molecule has 0 saturated carbocycles. The van der Waals surface area contributed by atoms with Gasteiger partial charge in [0.25, 0.3) is 0 Å². The Hall–Kier alpha value is -1.22. The highest BCUT2D eigenvalue weighted by atomic mass is 35.5. The number of hydrogen-bond acceptors (Lipinski definition) is 2. The molecule has 1 N–H and O–H groups in total. The summed E-state index contributed by atoms with van der Waals surface area (Å²) in [5, 5.41) is 4.80. The molecule has 0 amide bonds. The van der Waals surface area contributed by atoms with Crippen LogP contribution in [-0.4, -0.2) is 7.11 Å². The molecule has 0 radical (unpaired) electrons. The highest BCUT2D eigenvalue weighted by Gasteiger charge is 2.12. The maximum Gasteiger partial charge on any atom is 0.118 e. The maximum atomic E-state index is 6.20. The van der Waals surface area contributed by atoms with Gasteiger partial charge in [-0.2, -0.15) is 0 Å². The minimum atomic E-state index is 0.0818. The summed E-state index contributed by atoms with van der Waals surface area (Å²) in [6, 6.07) is 13.6. The summed E-state index contributed by atoms with van der Waals surface area (Å²) >= 11 is 12.4. The molecule has 4 heteroatoms. The van der Waals surface area contributed by atoms with Crippen molar-refractivity contribution in [1.82, 2.24) is 5.32 Å². The predicted molar refractivity (Wildman–Crippen MR) is 84.7 cm³/mol. The number of halogens is 2. The summed E-state index contributed by atoms with van der Waals surface area (Å²) in [6.07, 6.45) is 0. The first-order valence-corrected chi connectivity index (χ1v) is 7.17. The van der Waals surface area contributed by atoms with Crippen molar-refractivity contribution < 1.29 is 4.74 Å². The van der Waals surface area contributed by atoms with Crippen LogP contribution < -0.4 is 10.1 Å². The molecule has 0 fully saturated rings. The van der Waals surface area contributed by atoms with Gasteiger partial charge in [-0.25, -0.2) is 0 Å². The Labute approximate surface area is 129 Å². The topological polar surface area (TPSA) is 21.3 Å². The zero-order chi connectivity index (χ0) is 14.5. The standard InChI is InChI=1S/C16H17Cl2NO/c1-11(16-14(17)4-3-5-15(16)18)19-10-12-6-8-13(20-2)9-7-12/h3-9,11,19H,10H2,1-2H3. The van der Waals surface area contributed by atoms with Crippen LogP contribution in [0.2, 0.25) is 10.0 Å². The molecule has 0 aromatic heterocycles. The molecule has 2 nitrogen and oxygen atoms in total. The molecule has 0 heterocycles. The number of nitrogens with one attached hydrogen (secondary N) is 1. The van der Waals surface area contributed by atoms with Crippen LogP contribution in [0.25, 0.3) is 0 Å². The zero-order valence-electron chi connectivity index (χ0n) is 11.5. The second-order valence-electron chi connectivity index (χ2n) is 4.59. The summed E-state index contributed by atoms with van der Waals surface area (Å²) in [4.78, 5) is 0. The number of ether oxygens (including phenoxy) is 1. The lowest BCUT2D eigenvalue weighted by Crippen LogP contribution is -2.18. The Balaban J connectivity index is 2.02. The van der Waals surface area contributed by atoms with Gasteiger partial charge < -0.3 is 10.1 Å². The number of methoxy groups -OCH3 is 1. The van der Waals surface area contributed by atoms with Gasteiger partial charge in [-0.3, -0.25) is 0 Å². The third-order valence-electron chi connectivity index (χ3n) is 3.20. The summed E-state index contributed by atoms with van der Waals surface area (Å²) in [7, 11) is 1.66. The van der Waals surface area contributed by atoms with E-state index in [-0.39, 0.29) is 6.04 Å². The Morgan fingerprint density at radius 1 is 1.05 bits per heavy atom. The van der Waals surface area contributed by atoms with Crippen LogP contribution in [0.1, 0.15) is 24.1 Å². The lowest BCUT2D eigenvalue weighted by Gasteiger charge is -2.17. The molecule has 0 saturated heterocycles. The molecule has 2 rings (SSSR count). The van der Waals surface area contributed by atoms with Gasteiger partial charge in [-0.05, 0) is 36.8 Å². The summed E-state index contributed by atoms with van der Waals surface area (Å²) < 4.78 is 5.14. The fourth-order valence-electron chi connectivity index (χ4n) is 2.04. The highest BCUT2D eigenvalue weighted by molar-refractivity contribution is 6.36. The van der Waals surface area contributed by atoms with Crippen molar-refractivity contribution in [3.05, 3.63) is 63.6 Å². The Bertz CT molecular complexity index is 549. The van der Waals surface area contributed by atoms with Crippen LogP contribution >= 0.6 is 23.2 Å². The number of hydrogen-bond donors (Lipinski definition) is 1. The van der Waals surface area contributed by atoms with E-state index in [4.69, 9.17) is 27.9 Å². The van der Waals surface area contributed by atoms with Gasteiger partial charge in [-0.1, -0.05) is 41.4 Å². The maximum absolute atomic E-state index is 6.20. The molecule has 0 bridgehead atoms. The van der Waals surface area contributed by atoms with Crippen LogP contribution in [0.5, 0.6) is 5.75 Å². The molecule has 1 unspecified atom stereocenters. The van der Waals surface area contributed by atoms with E-state index < -0.39 is 0 Å². The summed E-state index contributed by atoms with van der Waals surface area (Å²) in [6.45, 7) is 2.79. The monoisotopic (exact) mass is 309 g/mol. The van der Waals surface area contributed by atoms with Gasteiger partial charge in [0.15, 0.2) is 0 Å². The number of rotatable bonds is 5. The first kappa shape index (κ1) is 15.2. The van der Waals surface area contributed by atoms with Crippen molar-refractivity contribution in [3.8, 4) is 5.75 Å². The predicted octanol–water partition coefficient (Wildman–Crippen LogP) is 4.85. The van der Waals surface area contributed by atoms with Crippen molar-refractivity contribution >= 4 is 23.2 Å². The molecule has 2 aromatic carbocycles. The molecule has 2 aromatic rings. The summed E-state index contributed by atoms with van der Waals surface area (Å²) in [5.74, 6) is 0.857. The summed E-state index contributed by atoms with van der Waals surface area (Å²) in [5.41, 5.74) is 2.12. The third-order valence-corrected chi connectivity index (χ3v) is 3.86. The van der Waals surface area contributed by atoms with E-state index in [1.807, 2.05) is 42.5 Å². The molecular formula is C16H17Cl2NO. The Morgan fingerprint density at radius 2 is 1.65 bits per heavy atom. The van der Waals surface area contributed by atoms with Crippen molar-refractivity contribution in [2.45, 2.75) is 19.5 Å². The normalized spacial score (nSPS) is 12.2. The first-order chi connectivity index (χ1) is 9.61. The van der Waals surface area contributed by atoms with Crippen molar-refractivity contribution in [2.24, 2.45) is 0 Å². The van der Waals surface area contributed by atoms with E-state index >= 15 is 0 Å². The second-order valence-corrected chi connectivity index (χ2v) is 5.40. The smallest absolute Gasteiger partial charge is 0.118 e. The van der Waals surface area contributed by atoms with Gasteiger partial charge >= 0.3 is 0 Å². The average Bonchev–Trinajstić information content (AvgIpc) is 2.45. The van der Waals surface area contributed by atoms with Crippen LogP contribution in [0, 0.1) is 0 Å². The lowest BCUT2D eigenvalue weighted by molar-refractivity contribution is 0.414. The van der Waals surface area contributed by atoms with Gasteiger partial charge in [-0.15, -0.1) is 0 Å². The zero-order valence-corrected chi connectivity index (χ0v) is 13.0. The Morgan fingerprint density at radius 3 is 2.20 bits per heavy atom. The number of benzene rings is 2. The van der Waals surface area contributed by atoms with Crippen molar-refractivity contribution in [3.63, 3.8) is 0 Å². The molecule has 0 aliphatic carbocycles. The van der Waals surface area contributed by atoms with E-state index in [9.17, 15) is 0 Å². The first-order valence-electron chi connectivity index (χ1n) is 6.42. The van der Waals surface area contributed by atoms with Crippen molar-refractivity contribution in [2.75, 3.05) is 7.11 Å². The Kier molecular flexibility index (Phi) is 5.30. The largest absolute Gasteiger partial charge is 0.497 e. The van der Waals surface area contributed by atoms with Gasteiger partial charge in [0.1, 0.15) is 5.75 Å². The van der Waals surface area contributed by atoms with E-state index in [0.717, 1.165) is 17.9 Å². The van der Waals surface area contributed by atoms with Crippen LogP contribution in [0.4, 0.5) is 0 Å². The third kappa shape index (κ3) is 3.66. The van der Waals surface area contributed by atoms with Gasteiger partial charge in [0, 0.05) is 28.2 Å². The molecule has 0 aliphatic heterocycles. The van der Waals surface area contributed by atoms with E-state index in [0.29, 0.717) is 10.0 Å². The van der Waals surface area contributed by atoms with Crippen LogP contribution in [0.3, 0.4) is 0 Å². The molecule has 106 valence electrons. The van der Waals surface area contributed by atoms with E-state index in [1.54, 1.807) is 7.11 Å².